The second kappa shape index (κ2) is 9.22. The minimum Gasteiger partial charge on any atom is -0.349 e. The van der Waals surface area contributed by atoms with Crippen LogP contribution >= 0.6 is 23.2 Å². The molecule has 0 radical (unpaired) electrons. The normalized spacial score (nSPS) is 11.3. The van der Waals surface area contributed by atoms with E-state index in [4.69, 9.17) is 23.2 Å². The molecule has 0 aliphatic rings. The van der Waals surface area contributed by atoms with Crippen molar-refractivity contribution in [1.29, 1.82) is 0 Å². The number of rotatable bonds is 5. The highest BCUT2D eigenvalue weighted by atomic mass is 35.5. The van der Waals surface area contributed by atoms with Gasteiger partial charge in [-0.3, -0.25) is 25.2 Å². The predicted octanol–water partition coefficient (Wildman–Crippen LogP) is 3.02. The second-order valence-corrected chi connectivity index (χ2v) is 6.34. The molecule has 136 valence electrons. The van der Waals surface area contributed by atoms with Gasteiger partial charge in [-0.15, -0.1) is 0 Å². The van der Waals surface area contributed by atoms with Crippen LogP contribution in [0.5, 0.6) is 0 Å². The highest BCUT2D eigenvalue weighted by Gasteiger charge is 2.18. The molecule has 0 heterocycles. The minimum atomic E-state index is -0.596. The zero-order chi connectivity index (χ0) is 19.1. The van der Waals surface area contributed by atoms with Crippen LogP contribution in [0.3, 0.4) is 0 Å². The minimum absolute atomic E-state index is 0.0485. The first-order chi connectivity index (χ1) is 12.4. The molecule has 0 aliphatic heterocycles. The van der Waals surface area contributed by atoms with Crippen LogP contribution < -0.4 is 16.2 Å². The maximum absolute atomic E-state index is 12.2. The van der Waals surface area contributed by atoms with Gasteiger partial charge in [-0.1, -0.05) is 53.5 Å². The van der Waals surface area contributed by atoms with Gasteiger partial charge in [-0.2, -0.15) is 0 Å². The first-order valence-electron chi connectivity index (χ1n) is 7.73. The number of hydrogen-bond donors (Lipinski definition) is 3. The third-order valence-corrected chi connectivity index (χ3v) is 4.02. The molecule has 0 bridgehead atoms. The van der Waals surface area contributed by atoms with Crippen molar-refractivity contribution < 1.29 is 14.4 Å². The number of hydrogen-bond acceptors (Lipinski definition) is 3. The molecule has 0 saturated heterocycles. The first-order valence-corrected chi connectivity index (χ1v) is 8.48. The van der Waals surface area contributed by atoms with Gasteiger partial charge in [0.05, 0.1) is 23.0 Å². The monoisotopic (exact) mass is 393 g/mol. The van der Waals surface area contributed by atoms with E-state index in [2.05, 4.69) is 16.2 Å². The van der Waals surface area contributed by atoms with Crippen LogP contribution in [0.15, 0.2) is 48.5 Å². The molecule has 8 heteroatoms. The summed E-state index contributed by atoms with van der Waals surface area (Å²) in [7, 11) is 0. The Morgan fingerprint density at radius 1 is 1.00 bits per heavy atom. The third-order valence-electron chi connectivity index (χ3n) is 3.46. The van der Waals surface area contributed by atoms with E-state index < -0.39 is 17.9 Å². The third kappa shape index (κ3) is 5.75. The van der Waals surface area contributed by atoms with Crippen LogP contribution in [0, 0.1) is 0 Å². The Labute approximate surface area is 160 Å². The largest absolute Gasteiger partial charge is 0.349 e. The van der Waals surface area contributed by atoms with Crippen molar-refractivity contribution in [3.05, 3.63) is 69.7 Å². The van der Waals surface area contributed by atoms with Crippen LogP contribution in [-0.2, 0) is 9.59 Å². The summed E-state index contributed by atoms with van der Waals surface area (Å²) in [5.74, 6) is -1.33. The van der Waals surface area contributed by atoms with E-state index in [-0.39, 0.29) is 22.9 Å². The van der Waals surface area contributed by atoms with Gasteiger partial charge in [-0.25, -0.2) is 0 Å². The van der Waals surface area contributed by atoms with Crippen molar-refractivity contribution in [3.63, 3.8) is 0 Å². The van der Waals surface area contributed by atoms with Gasteiger partial charge < -0.3 is 5.32 Å². The number of carbonyl (C=O) groups is 3. The van der Waals surface area contributed by atoms with Crippen molar-refractivity contribution in [2.45, 2.75) is 19.4 Å². The summed E-state index contributed by atoms with van der Waals surface area (Å²) in [5, 5.41) is 3.27. The fourth-order valence-corrected chi connectivity index (χ4v) is 2.66. The Morgan fingerprint density at radius 2 is 1.69 bits per heavy atom. The zero-order valence-corrected chi connectivity index (χ0v) is 15.4. The van der Waals surface area contributed by atoms with E-state index in [1.165, 1.54) is 19.1 Å². The molecule has 3 N–H and O–H groups in total. The van der Waals surface area contributed by atoms with E-state index in [9.17, 15) is 14.4 Å². The highest BCUT2D eigenvalue weighted by Crippen LogP contribution is 2.20. The highest BCUT2D eigenvalue weighted by molar-refractivity contribution is 6.35. The average Bonchev–Trinajstić information content (AvgIpc) is 2.61. The Hall–Kier alpha value is -2.57. The van der Waals surface area contributed by atoms with Crippen LogP contribution in [-0.4, -0.2) is 17.7 Å². The molecule has 0 unspecified atom stereocenters. The van der Waals surface area contributed by atoms with Gasteiger partial charge >= 0.3 is 0 Å². The summed E-state index contributed by atoms with van der Waals surface area (Å²) in [6.45, 7) is 1.37. The molecule has 26 heavy (non-hydrogen) atoms. The lowest BCUT2D eigenvalue weighted by molar-refractivity contribution is -0.123. The van der Waals surface area contributed by atoms with Crippen molar-refractivity contribution >= 4 is 40.9 Å². The van der Waals surface area contributed by atoms with Crippen LogP contribution in [0.25, 0.3) is 0 Å². The number of carbonyl (C=O) groups excluding carboxylic acids is 3. The van der Waals surface area contributed by atoms with E-state index in [1.807, 2.05) is 18.2 Å². The number of benzene rings is 2. The number of halogens is 2. The Morgan fingerprint density at radius 3 is 2.35 bits per heavy atom. The lowest BCUT2D eigenvalue weighted by Crippen LogP contribution is -2.43. The molecular formula is C18H17Cl2N3O3. The SMILES string of the molecule is CC(=O)N[C@@H](CC(=O)NNC(=O)c1cc(Cl)ccc1Cl)c1ccccc1. The predicted molar refractivity (Wildman–Crippen MR) is 99.7 cm³/mol. The average molecular weight is 394 g/mol. The molecular weight excluding hydrogens is 377 g/mol. The molecule has 1 atom stereocenters. The molecule has 2 rings (SSSR count). The van der Waals surface area contributed by atoms with Gasteiger partial charge in [0.1, 0.15) is 0 Å². The van der Waals surface area contributed by atoms with E-state index in [0.29, 0.717) is 5.02 Å². The second-order valence-electron chi connectivity index (χ2n) is 5.49. The summed E-state index contributed by atoms with van der Waals surface area (Å²) in [6, 6.07) is 13.0. The van der Waals surface area contributed by atoms with Gasteiger partial charge in [0.15, 0.2) is 0 Å². The van der Waals surface area contributed by atoms with Crippen molar-refractivity contribution in [2.75, 3.05) is 0 Å². The summed E-state index contributed by atoms with van der Waals surface area (Å²) in [6.07, 6.45) is -0.0485. The number of nitrogens with one attached hydrogen (secondary N) is 3. The summed E-state index contributed by atoms with van der Waals surface area (Å²) < 4.78 is 0. The molecule has 2 aromatic carbocycles. The van der Waals surface area contributed by atoms with Crippen LogP contribution in [0.4, 0.5) is 0 Å². The number of hydrazine groups is 1. The topological polar surface area (TPSA) is 87.3 Å². The Balaban J connectivity index is 1.98. The Kier molecular flexibility index (Phi) is 7.00. The van der Waals surface area contributed by atoms with E-state index >= 15 is 0 Å². The Bertz CT molecular complexity index is 813. The molecule has 3 amide bonds. The summed E-state index contributed by atoms with van der Waals surface area (Å²) in [4.78, 5) is 35.7. The van der Waals surface area contributed by atoms with Crippen molar-refractivity contribution in [3.8, 4) is 0 Å². The van der Waals surface area contributed by atoms with Gasteiger partial charge in [0.2, 0.25) is 11.8 Å². The maximum atomic E-state index is 12.2. The first kappa shape index (κ1) is 19.8. The molecule has 0 aliphatic carbocycles. The molecule has 0 saturated carbocycles. The fraction of sp³-hybridized carbons (Fsp3) is 0.167. The lowest BCUT2D eigenvalue weighted by Gasteiger charge is -2.18. The summed E-state index contributed by atoms with van der Waals surface area (Å²) >= 11 is 11.8. The zero-order valence-electron chi connectivity index (χ0n) is 13.9. The smallest absolute Gasteiger partial charge is 0.271 e. The summed E-state index contributed by atoms with van der Waals surface area (Å²) in [5.41, 5.74) is 5.51. The molecule has 6 nitrogen and oxygen atoms in total. The van der Waals surface area contributed by atoms with E-state index in [1.54, 1.807) is 18.2 Å². The number of amides is 3. The van der Waals surface area contributed by atoms with E-state index in [0.717, 1.165) is 5.56 Å². The standard InChI is InChI=1S/C18H17Cl2N3O3/c1-11(24)21-16(12-5-3-2-4-6-12)10-17(25)22-23-18(26)14-9-13(19)7-8-15(14)20/h2-9,16H,10H2,1H3,(H,21,24)(H,22,25)(H,23,26)/t16-/m0/s1. The van der Waals surface area contributed by atoms with Crippen LogP contribution in [0.1, 0.15) is 35.3 Å². The molecule has 2 aromatic rings. The molecule has 0 fully saturated rings. The fourth-order valence-electron chi connectivity index (χ4n) is 2.28. The van der Waals surface area contributed by atoms with Gasteiger partial charge in [0, 0.05) is 11.9 Å². The van der Waals surface area contributed by atoms with Crippen LogP contribution in [0.2, 0.25) is 10.0 Å². The molecule has 0 spiro atoms. The van der Waals surface area contributed by atoms with Crippen molar-refractivity contribution in [1.82, 2.24) is 16.2 Å². The van der Waals surface area contributed by atoms with Gasteiger partial charge in [-0.05, 0) is 23.8 Å². The van der Waals surface area contributed by atoms with Gasteiger partial charge in [0.25, 0.3) is 5.91 Å². The van der Waals surface area contributed by atoms with Crippen molar-refractivity contribution in [2.24, 2.45) is 0 Å². The lowest BCUT2D eigenvalue weighted by atomic mass is 10.0. The maximum Gasteiger partial charge on any atom is 0.271 e. The molecule has 0 aromatic heterocycles. The quantitative estimate of drug-likeness (QED) is 0.682.